The molecule has 0 atom stereocenters. The molecule has 0 spiro atoms. The fraction of sp³-hybridized carbons (Fsp3) is 0.652. The number of nitrogens with one attached hydrogen (secondary N) is 1. The highest BCUT2D eigenvalue weighted by Gasteiger charge is 2.34. The summed E-state index contributed by atoms with van der Waals surface area (Å²) in [5.41, 5.74) is 0.0188. The van der Waals surface area contributed by atoms with Gasteiger partial charge in [-0.15, -0.1) is 0 Å². The standard InChI is InChI=1S/C23H34N2O6S/c1-30-23(27)20-10-5-6-11-21(20)32(28,29)25-15-12-18(13-16-25)22(26)24-14-7-17-31-19-8-3-2-4-9-19/h5-6,10-11,18-19H,2-4,7-9,12-17H2,1H3,(H,24,26). The smallest absolute Gasteiger partial charge is 0.339 e. The summed E-state index contributed by atoms with van der Waals surface area (Å²) in [6, 6.07) is 6.03. The molecule has 0 bridgehead atoms. The Hall–Kier alpha value is -1.97. The molecule has 178 valence electrons. The first-order chi connectivity index (χ1) is 15.4. The van der Waals surface area contributed by atoms with E-state index in [1.165, 1.54) is 42.8 Å². The van der Waals surface area contributed by atoms with Crippen molar-refractivity contribution in [3.63, 3.8) is 0 Å². The summed E-state index contributed by atoms with van der Waals surface area (Å²) in [7, 11) is -2.63. The van der Waals surface area contributed by atoms with Crippen LogP contribution in [-0.4, -0.2) is 64.1 Å². The van der Waals surface area contributed by atoms with Gasteiger partial charge in [0.15, 0.2) is 0 Å². The first kappa shape index (κ1) is 24.7. The predicted octanol–water partition coefficient (Wildman–Crippen LogP) is 2.73. The van der Waals surface area contributed by atoms with E-state index >= 15 is 0 Å². The van der Waals surface area contributed by atoms with Crippen molar-refractivity contribution in [2.75, 3.05) is 33.4 Å². The highest BCUT2D eigenvalue weighted by atomic mass is 32.2. The maximum absolute atomic E-state index is 13.1. The first-order valence-corrected chi connectivity index (χ1v) is 12.9. The average Bonchev–Trinajstić information content (AvgIpc) is 2.84. The third kappa shape index (κ3) is 6.30. The number of amides is 1. The molecule has 0 unspecified atom stereocenters. The van der Waals surface area contributed by atoms with Gasteiger partial charge in [-0.3, -0.25) is 4.79 Å². The number of nitrogens with zero attached hydrogens (tertiary/aromatic N) is 1. The Morgan fingerprint density at radius 2 is 1.75 bits per heavy atom. The van der Waals surface area contributed by atoms with Gasteiger partial charge in [0.25, 0.3) is 0 Å². The molecule has 1 aliphatic carbocycles. The van der Waals surface area contributed by atoms with Crippen molar-refractivity contribution in [1.29, 1.82) is 0 Å². The molecule has 1 aliphatic heterocycles. The van der Waals surface area contributed by atoms with Crippen LogP contribution in [0.25, 0.3) is 0 Å². The fourth-order valence-electron chi connectivity index (χ4n) is 4.38. The molecule has 0 aromatic heterocycles. The van der Waals surface area contributed by atoms with Crippen molar-refractivity contribution in [3.05, 3.63) is 29.8 Å². The normalized spacial score (nSPS) is 18.9. The molecule has 9 heteroatoms. The van der Waals surface area contributed by atoms with E-state index < -0.39 is 16.0 Å². The zero-order chi connectivity index (χ0) is 23.0. The topological polar surface area (TPSA) is 102 Å². The van der Waals surface area contributed by atoms with Crippen LogP contribution in [0.3, 0.4) is 0 Å². The van der Waals surface area contributed by atoms with E-state index in [1.54, 1.807) is 12.1 Å². The lowest BCUT2D eigenvalue weighted by Gasteiger charge is -2.31. The highest BCUT2D eigenvalue weighted by Crippen LogP contribution is 2.26. The molecule has 8 nitrogen and oxygen atoms in total. The van der Waals surface area contributed by atoms with E-state index in [2.05, 4.69) is 5.32 Å². The molecule has 1 aromatic carbocycles. The van der Waals surface area contributed by atoms with Gasteiger partial charge in [-0.1, -0.05) is 31.4 Å². The van der Waals surface area contributed by atoms with Gasteiger partial charge >= 0.3 is 5.97 Å². The molecule has 1 aromatic rings. The minimum Gasteiger partial charge on any atom is -0.465 e. The largest absolute Gasteiger partial charge is 0.465 e. The van der Waals surface area contributed by atoms with Crippen molar-refractivity contribution in [3.8, 4) is 0 Å². The number of hydrogen-bond donors (Lipinski definition) is 1. The lowest BCUT2D eigenvalue weighted by molar-refractivity contribution is -0.126. The lowest BCUT2D eigenvalue weighted by atomic mass is 9.97. The van der Waals surface area contributed by atoms with Gasteiger partial charge in [0.1, 0.15) is 0 Å². The summed E-state index contributed by atoms with van der Waals surface area (Å²) in [4.78, 5) is 24.4. The number of carbonyl (C=O) groups is 2. The second kappa shape index (κ2) is 11.8. The Bertz CT molecular complexity index is 874. The summed E-state index contributed by atoms with van der Waals surface area (Å²) in [6.07, 6.45) is 8.10. The number of carbonyl (C=O) groups excluding carboxylic acids is 2. The first-order valence-electron chi connectivity index (χ1n) is 11.5. The zero-order valence-corrected chi connectivity index (χ0v) is 19.6. The van der Waals surface area contributed by atoms with Gasteiger partial charge in [0.05, 0.1) is 23.7 Å². The van der Waals surface area contributed by atoms with Crippen LogP contribution in [0.1, 0.15) is 61.7 Å². The molecule has 1 amide bonds. The van der Waals surface area contributed by atoms with Crippen LogP contribution in [0.4, 0.5) is 0 Å². The van der Waals surface area contributed by atoms with Gasteiger partial charge in [-0.2, -0.15) is 4.31 Å². The second-order valence-corrected chi connectivity index (χ2v) is 10.3. The van der Waals surface area contributed by atoms with E-state index in [0.717, 1.165) is 19.3 Å². The molecular weight excluding hydrogens is 432 g/mol. The van der Waals surface area contributed by atoms with Gasteiger partial charge in [-0.25, -0.2) is 13.2 Å². The number of methoxy groups -OCH3 is 1. The minimum atomic E-state index is -3.85. The number of rotatable bonds is 9. The second-order valence-electron chi connectivity index (χ2n) is 8.44. The summed E-state index contributed by atoms with van der Waals surface area (Å²) in [5, 5.41) is 2.96. The zero-order valence-electron chi connectivity index (χ0n) is 18.8. The lowest BCUT2D eigenvalue weighted by Crippen LogP contribution is -2.43. The minimum absolute atomic E-state index is 0.0188. The molecule has 1 N–H and O–H groups in total. The molecule has 0 radical (unpaired) electrons. The third-order valence-corrected chi connectivity index (χ3v) is 8.22. The molecule has 2 fully saturated rings. The molecule has 2 aliphatic rings. The van der Waals surface area contributed by atoms with Gasteiger partial charge in [0.2, 0.25) is 15.9 Å². The van der Waals surface area contributed by atoms with E-state index in [4.69, 9.17) is 9.47 Å². The van der Waals surface area contributed by atoms with E-state index in [9.17, 15) is 18.0 Å². The number of benzene rings is 1. The maximum atomic E-state index is 13.1. The van der Waals surface area contributed by atoms with Gasteiger partial charge in [-0.05, 0) is 44.2 Å². The molecule has 1 saturated carbocycles. The van der Waals surface area contributed by atoms with Crippen molar-refractivity contribution in [2.24, 2.45) is 5.92 Å². The Morgan fingerprint density at radius 1 is 1.06 bits per heavy atom. The number of hydrogen-bond acceptors (Lipinski definition) is 6. The molecule has 32 heavy (non-hydrogen) atoms. The summed E-state index contributed by atoms with van der Waals surface area (Å²) < 4.78 is 38.1. The van der Waals surface area contributed by atoms with Crippen molar-refractivity contribution in [2.45, 2.75) is 62.4 Å². The number of esters is 1. The SMILES string of the molecule is COC(=O)c1ccccc1S(=O)(=O)N1CCC(C(=O)NCCCOC2CCCCC2)CC1. The fourth-order valence-corrected chi connectivity index (χ4v) is 6.03. The van der Waals surface area contributed by atoms with Crippen molar-refractivity contribution < 1.29 is 27.5 Å². The predicted molar refractivity (Wildman–Crippen MR) is 120 cm³/mol. The number of ether oxygens (including phenoxy) is 2. The molecule has 1 heterocycles. The van der Waals surface area contributed by atoms with Crippen LogP contribution < -0.4 is 5.32 Å². The van der Waals surface area contributed by atoms with Crippen LogP contribution in [-0.2, 0) is 24.3 Å². The highest BCUT2D eigenvalue weighted by molar-refractivity contribution is 7.89. The number of sulfonamides is 1. The third-order valence-electron chi connectivity index (χ3n) is 6.26. The van der Waals surface area contributed by atoms with Gasteiger partial charge in [0, 0.05) is 32.2 Å². The van der Waals surface area contributed by atoms with Crippen LogP contribution >= 0.6 is 0 Å². The molecular formula is C23H34N2O6S. The summed E-state index contributed by atoms with van der Waals surface area (Å²) in [6.45, 7) is 1.69. The van der Waals surface area contributed by atoms with Crippen LogP contribution in [0.5, 0.6) is 0 Å². The Balaban J connectivity index is 1.44. The van der Waals surface area contributed by atoms with Crippen LogP contribution in [0.2, 0.25) is 0 Å². The van der Waals surface area contributed by atoms with E-state index in [1.807, 2.05) is 0 Å². The van der Waals surface area contributed by atoms with Gasteiger partial charge < -0.3 is 14.8 Å². The Morgan fingerprint density at radius 3 is 2.44 bits per heavy atom. The number of piperidine rings is 1. The van der Waals surface area contributed by atoms with Crippen LogP contribution in [0.15, 0.2) is 29.2 Å². The summed E-state index contributed by atoms with van der Waals surface area (Å²) >= 11 is 0. The monoisotopic (exact) mass is 466 g/mol. The molecule has 1 saturated heterocycles. The Labute approximate surface area is 190 Å². The summed E-state index contributed by atoms with van der Waals surface area (Å²) in [5.74, 6) is -0.933. The average molecular weight is 467 g/mol. The molecule has 3 rings (SSSR count). The van der Waals surface area contributed by atoms with Crippen molar-refractivity contribution >= 4 is 21.9 Å². The Kier molecular flexibility index (Phi) is 9.07. The quantitative estimate of drug-likeness (QED) is 0.444. The maximum Gasteiger partial charge on any atom is 0.339 e. The van der Waals surface area contributed by atoms with E-state index in [0.29, 0.717) is 32.1 Å². The van der Waals surface area contributed by atoms with E-state index in [-0.39, 0.29) is 35.4 Å². The van der Waals surface area contributed by atoms with Crippen molar-refractivity contribution in [1.82, 2.24) is 9.62 Å². The van der Waals surface area contributed by atoms with Crippen LogP contribution in [0, 0.1) is 5.92 Å².